The van der Waals surface area contributed by atoms with Crippen LogP contribution in [0.1, 0.15) is 32.1 Å². The highest BCUT2D eigenvalue weighted by molar-refractivity contribution is 7.19. The smallest absolute Gasteiger partial charge is 0.162 e. The quantitative estimate of drug-likeness (QED) is 0.249. The lowest BCUT2D eigenvalue weighted by molar-refractivity contribution is 0.154. The van der Waals surface area contributed by atoms with Crippen LogP contribution in [-0.2, 0) is 0 Å². The minimum atomic E-state index is 0.263. The van der Waals surface area contributed by atoms with Crippen LogP contribution in [0.5, 0.6) is 5.75 Å². The van der Waals surface area contributed by atoms with Gasteiger partial charge >= 0.3 is 0 Å². The van der Waals surface area contributed by atoms with Gasteiger partial charge in [-0.2, -0.15) is 5.10 Å². The van der Waals surface area contributed by atoms with E-state index in [1.807, 2.05) is 42.6 Å². The molecule has 6 aromatic rings. The number of ether oxygens (including phenoxy) is 1. The van der Waals surface area contributed by atoms with Crippen LogP contribution >= 0.6 is 22.9 Å². The highest BCUT2D eigenvalue weighted by Crippen LogP contribution is 2.36. The summed E-state index contributed by atoms with van der Waals surface area (Å²) in [6, 6.07) is 11.8. The van der Waals surface area contributed by atoms with Crippen LogP contribution < -0.4 is 4.74 Å². The maximum Gasteiger partial charge on any atom is 0.162 e. The zero-order chi connectivity index (χ0) is 24.8. The zero-order valence-corrected chi connectivity index (χ0v) is 21.3. The summed E-state index contributed by atoms with van der Waals surface area (Å²) in [6.07, 6.45) is 11.5. The molecule has 0 aliphatic heterocycles. The van der Waals surface area contributed by atoms with Gasteiger partial charge in [-0.1, -0.05) is 18.0 Å². The average molecular weight is 528 g/mol. The molecule has 0 saturated heterocycles. The molecular formula is C27H22ClN7OS. The number of fused-ring (bicyclic) bond motifs is 2. The Morgan fingerprint density at radius 3 is 2.76 bits per heavy atom. The largest absolute Gasteiger partial charge is 0.489 e. The van der Waals surface area contributed by atoms with E-state index in [0.29, 0.717) is 17.2 Å². The Morgan fingerprint density at radius 2 is 1.89 bits per heavy atom. The van der Waals surface area contributed by atoms with Gasteiger partial charge in [0.25, 0.3) is 0 Å². The minimum absolute atomic E-state index is 0.263. The molecule has 10 heteroatoms. The fourth-order valence-electron chi connectivity index (χ4n) is 4.90. The van der Waals surface area contributed by atoms with Gasteiger partial charge in [-0.3, -0.25) is 10.1 Å². The fourth-order valence-corrected chi connectivity index (χ4v) is 5.97. The summed E-state index contributed by atoms with van der Waals surface area (Å²) < 4.78 is 6.96. The molecule has 7 rings (SSSR count). The molecule has 0 radical (unpaired) electrons. The van der Waals surface area contributed by atoms with E-state index in [1.165, 1.54) is 30.6 Å². The van der Waals surface area contributed by atoms with Gasteiger partial charge in [-0.05, 0) is 62.1 Å². The predicted octanol–water partition coefficient (Wildman–Crippen LogP) is 7.05. The second-order valence-corrected chi connectivity index (χ2v) is 10.9. The highest BCUT2D eigenvalue weighted by atomic mass is 35.5. The molecule has 0 spiro atoms. The first kappa shape index (κ1) is 22.4. The summed E-state index contributed by atoms with van der Waals surface area (Å²) in [7, 11) is 0. The van der Waals surface area contributed by atoms with E-state index in [9.17, 15) is 0 Å². The number of nitrogens with zero attached hydrogens (tertiary/aromatic N) is 5. The van der Waals surface area contributed by atoms with Crippen molar-refractivity contribution in [2.75, 3.05) is 0 Å². The number of H-pyrrole nitrogens is 2. The van der Waals surface area contributed by atoms with E-state index in [1.54, 1.807) is 12.4 Å². The van der Waals surface area contributed by atoms with Crippen molar-refractivity contribution >= 4 is 45.1 Å². The van der Waals surface area contributed by atoms with Gasteiger partial charge in [0.05, 0.1) is 27.8 Å². The molecule has 8 nitrogen and oxygen atoms in total. The first-order chi connectivity index (χ1) is 18.2. The van der Waals surface area contributed by atoms with E-state index < -0.39 is 0 Å². The van der Waals surface area contributed by atoms with Crippen LogP contribution in [0, 0.1) is 0 Å². The lowest BCUT2D eigenvalue weighted by Crippen LogP contribution is -2.19. The molecule has 0 atom stereocenters. The fraction of sp³-hybridized carbons (Fsp3) is 0.222. The van der Waals surface area contributed by atoms with Crippen LogP contribution in [0.25, 0.3) is 55.4 Å². The standard InChI is InChI=1S/C27H22ClN7OS/c28-22-9-8-21(37-22)18-10-11-30-26-23(18)32-27(33-26)25-24-20(34-35-25)7-6-19(31-24)15-12-17(14-29-13-15)36-16-4-2-1-3-5-16/h6-14,16H,1-5H2,(H,34,35)(H,30,32,33). The molecular weight excluding hydrogens is 506 g/mol. The van der Waals surface area contributed by atoms with Crippen LogP contribution in [-0.4, -0.2) is 41.2 Å². The van der Waals surface area contributed by atoms with Crippen LogP contribution in [0.4, 0.5) is 0 Å². The number of hydrogen-bond acceptors (Lipinski definition) is 7. The molecule has 37 heavy (non-hydrogen) atoms. The van der Waals surface area contributed by atoms with E-state index in [0.717, 1.165) is 61.2 Å². The molecule has 184 valence electrons. The van der Waals surface area contributed by atoms with Crippen molar-refractivity contribution in [3.63, 3.8) is 0 Å². The number of thiophene rings is 1. The Balaban J connectivity index is 1.26. The zero-order valence-electron chi connectivity index (χ0n) is 19.7. The summed E-state index contributed by atoms with van der Waals surface area (Å²) in [5, 5.41) is 7.61. The van der Waals surface area contributed by atoms with E-state index in [-0.39, 0.29) is 6.10 Å². The SMILES string of the molecule is Clc1ccc(-c2ccnc3[nH]c(-c4n[nH]c5ccc(-c6cncc(OC7CCCCC7)c6)nc45)nc23)s1. The number of hydrogen-bond donors (Lipinski definition) is 2. The van der Waals surface area contributed by atoms with Crippen molar-refractivity contribution in [3.05, 3.63) is 59.3 Å². The molecule has 0 unspecified atom stereocenters. The third-order valence-corrected chi connectivity index (χ3v) is 7.98. The minimum Gasteiger partial charge on any atom is -0.489 e. The third kappa shape index (κ3) is 4.24. The Morgan fingerprint density at radius 1 is 0.973 bits per heavy atom. The molecule has 1 aliphatic carbocycles. The number of aromatic amines is 2. The van der Waals surface area contributed by atoms with Gasteiger partial charge in [0.15, 0.2) is 17.2 Å². The van der Waals surface area contributed by atoms with Gasteiger partial charge in [0.1, 0.15) is 16.8 Å². The van der Waals surface area contributed by atoms with Gasteiger partial charge in [0, 0.05) is 28.4 Å². The van der Waals surface area contributed by atoms with Crippen molar-refractivity contribution in [3.8, 4) is 39.0 Å². The van der Waals surface area contributed by atoms with Crippen molar-refractivity contribution in [1.82, 2.24) is 35.1 Å². The molecule has 1 fully saturated rings. The molecule has 1 saturated carbocycles. The van der Waals surface area contributed by atoms with Gasteiger partial charge in [0.2, 0.25) is 0 Å². The third-order valence-electron chi connectivity index (χ3n) is 6.72. The van der Waals surface area contributed by atoms with Crippen molar-refractivity contribution in [2.24, 2.45) is 0 Å². The van der Waals surface area contributed by atoms with Crippen molar-refractivity contribution in [1.29, 1.82) is 0 Å². The molecule has 6 aromatic heterocycles. The summed E-state index contributed by atoms with van der Waals surface area (Å²) >= 11 is 7.69. The highest BCUT2D eigenvalue weighted by Gasteiger charge is 2.19. The van der Waals surface area contributed by atoms with Gasteiger partial charge in [-0.25, -0.2) is 15.0 Å². The Bertz CT molecular complexity index is 1730. The molecule has 1 aliphatic rings. The Kier molecular flexibility index (Phi) is 5.59. The summed E-state index contributed by atoms with van der Waals surface area (Å²) in [5.41, 5.74) is 6.27. The molecule has 6 heterocycles. The van der Waals surface area contributed by atoms with E-state index >= 15 is 0 Å². The first-order valence-corrected chi connectivity index (χ1v) is 13.5. The summed E-state index contributed by atoms with van der Waals surface area (Å²) in [4.78, 5) is 23.1. The number of aromatic nitrogens is 7. The average Bonchev–Trinajstić information content (AvgIpc) is 3.66. The second-order valence-electron chi connectivity index (χ2n) is 9.20. The predicted molar refractivity (Wildman–Crippen MR) is 146 cm³/mol. The van der Waals surface area contributed by atoms with E-state index in [2.05, 4.69) is 25.1 Å². The summed E-state index contributed by atoms with van der Waals surface area (Å²) in [6.45, 7) is 0. The topological polar surface area (TPSA) is 105 Å². The summed E-state index contributed by atoms with van der Waals surface area (Å²) in [5.74, 6) is 1.38. The van der Waals surface area contributed by atoms with Crippen molar-refractivity contribution in [2.45, 2.75) is 38.2 Å². The van der Waals surface area contributed by atoms with Gasteiger partial charge < -0.3 is 9.72 Å². The van der Waals surface area contributed by atoms with Crippen LogP contribution in [0.15, 0.2) is 55.0 Å². The lowest BCUT2D eigenvalue weighted by atomic mass is 9.98. The number of halogens is 1. The lowest BCUT2D eigenvalue weighted by Gasteiger charge is -2.22. The normalized spacial score (nSPS) is 14.5. The van der Waals surface area contributed by atoms with E-state index in [4.69, 9.17) is 26.3 Å². The number of pyridine rings is 3. The second kappa shape index (κ2) is 9.24. The van der Waals surface area contributed by atoms with Crippen molar-refractivity contribution < 1.29 is 4.74 Å². The molecule has 0 aromatic carbocycles. The Hall–Kier alpha value is -3.82. The Labute approximate surface area is 221 Å². The number of nitrogens with one attached hydrogen (secondary N) is 2. The monoisotopic (exact) mass is 527 g/mol. The number of rotatable bonds is 5. The maximum absolute atomic E-state index is 6.23. The molecule has 0 bridgehead atoms. The van der Waals surface area contributed by atoms with Crippen LogP contribution in [0.3, 0.4) is 0 Å². The maximum atomic E-state index is 6.23. The number of imidazole rings is 1. The van der Waals surface area contributed by atoms with Crippen LogP contribution in [0.2, 0.25) is 4.34 Å². The molecule has 0 amide bonds. The van der Waals surface area contributed by atoms with Gasteiger partial charge in [-0.15, -0.1) is 11.3 Å². The molecule has 2 N–H and O–H groups in total. The first-order valence-electron chi connectivity index (χ1n) is 12.3.